The zero-order valence-corrected chi connectivity index (χ0v) is 5.78. The maximum Gasteiger partial charge on any atom is -0.00706 e. The molecule has 0 aromatic rings. The molecule has 48 valence electrons. The molecule has 0 saturated heterocycles. The van der Waals surface area contributed by atoms with Crippen molar-refractivity contribution in [2.45, 2.75) is 33.1 Å². The lowest BCUT2D eigenvalue weighted by molar-refractivity contribution is 0.854. The molecule has 0 rings (SSSR count). The van der Waals surface area contributed by atoms with E-state index in [1.807, 2.05) is 0 Å². The minimum absolute atomic E-state index is 1.10. The van der Waals surface area contributed by atoms with Crippen LogP contribution in [0.2, 0.25) is 0 Å². The van der Waals surface area contributed by atoms with E-state index in [9.17, 15) is 0 Å². The SMILES string of the molecule is CCC/C(=C\N)CC. The number of nitrogens with two attached hydrogens (primary N) is 1. The van der Waals surface area contributed by atoms with Crippen molar-refractivity contribution in [2.24, 2.45) is 5.73 Å². The number of hydrogen-bond acceptors (Lipinski definition) is 1. The van der Waals surface area contributed by atoms with Crippen LogP contribution in [0.3, 0.4) is 0 Å². The molecule has 0 aromatic carbocycles. The van der Waals surface area contributed by atoms with E-state index in [1.54, 1.807) is 6.20 Å². The van der Waals surface area contributed by atoms with Gasteiger partial charge in [-0.15, -0.1) is 0 Å². The molecular formula is C7H15N. The van der Waals surface area contributed by atoms with Crippen molar-refractivity contribution in [3.05, 3.63) is 11.8 Å². The third-order valence-electron chi connectivity index (χ3n) is 1.26. The largest absolute Gasteiger partial charge is 0.405 e. The zero-order chi connectivity index (χ0) is 6.41. The van der Waals surface area contributed by atoms with Crippen molar-refractivity contribution in [2.75, 3.05) is 0 Å². The molecule has 0 aromatic heterocycles. The first-order valence-electron chi connectivity index (χ1n) is 3.24. The molecule has 0 atom stereocenters. The highest BCUT2D eigenvalue weighted by molar-refractivity contribution is 4.97. The fourth-order valence-electron chi connectivity index (χ4n) is 0.699. The molecular weight excluding hydrogens is 98.1 g/mol. The summed E-state index contributed by atoms with van der Waals surface area (Å²) in [4.78, 5) is 0. The van der Waals surface area contributed by atoms with Crippen LogP contribution in [0.25, 0.3) is 0 Å². The third kappa shape index (κ3) is 2.67. The number of hydrogen-bond donors (Lipinski definition) is 1. The Morgan fingerprint density at radius 3 is 2.25 bits per heavy atom. The molecule has 0 fully saturated rings. The molecule has 8 heavy (non-hydrogen) atoms. The van der Waals surface area contributed by atoms with Gasteiger partial charge in [0.15, 0.2) is 0 Å². The van der Waals surface area contributed by atoms with Gasteiger partial charge in [-0.2, -0.15) is 0 Å². The van der Waals surface area contributed by atoms with E-state index in [-0.39, 0.29) is 0 Å². The van der Waals surface area contributed by atoms with Crippen LogP contribution < -0.4 is 5.73 Å². The summed E-state index contributed by atoms with van der Waals surface area (Å²) in [5.41, 5.74) is 6.68. The normalized spacial score (nSPS) is 12.0. The summed E-state index contributed by atoms with van der Waals surface area (Å²) in [6, 6.07) is 0. The van der Waals surface area contributed by atoms with Crippen LogP contribution in [-0.4, -0.2) is 0 Å². The Morgan fingerprint density at radius 2 is 2.12 bits per heavy atom. The van der Waals surface area contributed by atoms with E-state index in [2.05, 4.69) is 13.8 Å². The van der Waals surface area contributed by atoms with Crippen molar-refractivity contribution in [3.8, 4) is 0 Å². The Bertz CT molecular complexity index is 74.5. The summed E-state index contributed by atoms with van der Waals surface area (Å²) >= 11 is 0. The molecule has 0 amide bonds. The van der Waals surface area contributed by atoms with Crippen LogP contribution in [0.15, 0.2) is 11.8 Å². The molecule has 0 aliphatic rings. The van der Waals surface area contributed by atoms with E-state index < -0.39 is 0 Å². The van der Waals surface area contributed by atoms with Crippen molar-refractivity contribution in [1.82, 2.24) is 0 Å². The first kappa shape index (κ1) is 7.54. The van der Waals surface area contributed by atoms with Gasteiger partial charge in [0.1, 0.15) is 0 Å². The van der Waals surface area contributed by atoms with Gasteiger partial charge in [-0.05, 0) is 19.0 Å². The Kier molecular flexibility index (Phi) is 4.42. The summed E-state index contributed by atoms with van der Waals surface area (Å²) in [5.74, 6) is 0. The van der Waals surface area contributed by atoms with E-state index in [0.29, 0.717) is 0 Å². The van der Waals surface area contributed by atoms with Crippen LogP contribution in [0.5, 0.6) is 0 Å². The van der Waals surface area contributed by atoms with Gasteiger partial charge < -0.3 is 5.73 Å². The highest BCUT2D eigenvalue weighted by Crippen LogP contribution is 2.05. The summed E-state index contributed by atoms with van der Waals surface area (Å²) in [5, 5.41) is 0. The second-order valence-electron chi connectivity index (χ2n) is 1.93. The predicted octanol–water partition coefficient (Wildman–Crippen LogP) is 2.04. The topological polar surface area (TPSA) is 26.0 Å². The average Bonchev–Trinajstić information content (AvgIpc) is 1.83. The van der Waals surface area contributed by atoms with Crippen LogP contribution in [0.1, 0.15) is 33.1 Å². The highest BCUT2D eigenvalue weighted by atomic mass is 14.5. The molecule has 0 aliphatic carbocycles. The quantitative estimate of drug-likeness (QED) is 0.595. The van der Waals surface area contributed by atoms with Crippen molar-refractivity contribution >= 4 is 0 Å². The molecule has 2 N–H and O–H groups in total. The van der Waals surface area contributed by atoms with Crippen LogP contribution >= 0.6 is 0 Å². The van der Waals surface area contributed by atoms with Gasteiger partial charge in [-0.1, -0.05) is 25.8 Å². The molecule has 1 heteroatoms. The third-order valence-corrected chi connectivity index (χ3v) is 1.26. The Hall–Kier alpha value is -0.460. The smallest absolute Gasteiger partial charge is 0.00706 e. The molecule has 1 nitrogen and oxygen atoms in total. The number of rotatable bonds is 3. The summed E-state index contributed by atoms with van der Waals surface area (Å²) in [7, 11) is 0. The lowest BCUT2D eigenvalue weighted by atomic mass is 10.1. The Morgan fingerprint density at radius 1 is 1.50 bits per heavy atom. The molecule has 0 radical (unpaired) electrons. The standard InChI is InChI=1S/C7H15N/c1-3-5-7(4-2)6-8/h6H,3-5,8H2,1-2H3/b7-6-. The van der Waals surface area contributed by atoms with Crippen molar-refractivity contribution < 1.29 is 0 Å². The van der Waals surface area contributed by atoms with Crippen LogP contribution in [0.4, 0.5) is 0 Å². The fourth-order valence-corrected chi connectivity index (χ4v) is 0.699. The lowest BCUT2D eigenvalue weighted by Crippen LogP contribution is -1.86. The van der Waals surface area contributed by atoms with Crippen molar-refractivity contribution in [1.29, 1.82) is 0 Å². The van der Waals surface area contributed by atoms with Crippen LogP contribution in [0, 0.1) is 0 Å². The van der Waals surface area contributed by atoms with Gasteiger partial charge in [0.05, 0.1) is 0 Å². The maximum absolute atomic E-state index is 5.31. The molecule has 0 saturated carbocycles. The second kappa shape index (κ2) is 4.69. The summed E-state index contributed by atoms with van der Waals surface area (Å²) in [6.45, 7) is 4.30. The van der Waals surface area contributed by atoms with Gasteiger partial charge in [0.2, 0.25) is 0 Å². The highest BCUT2D eigenvalue weighted by Gasteiger charge is 1.87. The molecule has 0 unspecified atom stereocenters. The van der Waals surface area contributed by atoms with Gasteiger partial charge >= 0.3 is 0 Å². The Balaban J connectivity index is 3.38. The predicted molar refractivity (Wildman–Crippen MR) is 37.5 cm³/mol. The summed E-state index contributed by atoms with van der Waals surface area (Å²) in [6.07, 6.45) is 5.19. The van der Waals surface area contributed by atoms with Gasteiger partial charge in [-0.3, -0.25) is 0 Å². The van der Waals surface area contributed by atoms with E-state index in [4.69, 9.17) is 5.73 Å². The lowest BCUT2D eigenvalue weighted by Gasteiger charge is -1.97. The minimum Gasteiger partial charge on any atom is -0.405 e. The van der Waals surface area contributed by atoms with E-state index in [1.165, 1.54) is 12.0 Å². The Labute approximate surface area is 51.6 Å². The average molecular weight is 113 g/mol. The monoisotopic (exact) mass is 113 g/mol. The van der Waals surface area contributed by atoms with Gasteiger partial charge in [0, 0.05) is 0 Å². The second-order valence-corrected chi connectivity index (χ2v) is 1.93. The number of allylic oxidation sites excluding steroid dienone is 1. The first-order chi connectivity index (χ1) is 3.85. The molecule has 0 heterocycles. The zero-order valence-electron chi connectivity index (χ0n) is 5.78. The van der Waals surface area contributed by atoms with Crippen LogP contribution in [-0.2, 0) is 0 Å². The maximum atomic E-state index is 5.31. The first-order valence-corrected chi connectivity index (χ1v) is 3.24. The molecule has 0 aliphatic heterocycles. The summed E-state index contributed by atoms with van der Waals surface area (Å²) < 4.78 is 0. The van der Waals surface area contributed by atoms with E-state index in [0.717, 1.165) is 12.8 Å². The minimum atomic E-state index is 1.10. The molecule has 0 spiro atoms. The van der Waals surface area contributed by atoms with Gasteiger partial charge in [-0.25, -0.2) is 0 Å². The van der Waals surface area contributed by atoms with Gasteiger partial charge in [0.25, 0.3) is 0 Å². The van der Waals surface area contributed by atoms with E-state index >= 15 is 0 Å². The molecule has 0 bridgehead atoms. The van der Waals surface area contributed by atoms with Crippen molar-refractivity contribution in [3.63, 3.8) is 0 Å². The fraction of sp³-hybridized carbons (Fsp3) is 0.714.